The molecule has 23 heavy (non-hydrogen) atoms. The summed E-state index contributed by atoms with van der Waals surface area (Å²) in [5.41, 5.74) is 2.09. The predicted molar refractivity (Wildman–Crippen MR) is 93.1 cm³/mol. The Morgan fingerprint density at radius 1 is 1.09 bits per heavy atom. The van der Waals surface area contributed by atoms with E-state index < -0.39 is 0 Å². The van der Waals surface area contributed by atoms with Crippen molar-refractivity contribution in [1.29, 1.82) is 0 Å². The third kappa shape index (κ3) is 2.96. The minimum atomic E-state index is 0.794. The number of hydrogen-bond acceptors (Lipinski definition) is 6. The number of rotatable bonds is 3. The molecule has 5 nitrogen and oxygen atoms in total. The van der Waals surface area contributed by atoms with E-state index >= 15 is 0 Å². The lowest BCUT2D eigenvalue weighted by Gasteiger charge is -2.33. The molecular weight excluding hydrogens is 308 g/mol. The first kappa shape index (κ1) is 14.7. The van der Waals surface area contributed by atoms with Crippen LogP contribution in [0.15, 0.2) is 28.7 Å². The van der Waals surface area contributed by atoms with Crippen LogP contribution in [0.1, 0.15) is 17.3 Å². The standard InChI is InChI=1S/C17H20N4OS/c1-12-13(2)22-16(18-12)11-20-7-9-21(10-8-20)17-19-14-5-3-4-6-15(14)23-17/h3-6H,7-11H2,1-2H3. The van der Waals surface area contributed by atoms with Crippen molar-refractivity contribution < 1.29 is 4.42 Å². The lowest BCUT2D eigenvalue weighted by Crippen LogP contribution is -2.46. The SMILES string of the molecule is Cc1nc(CN2CCN(c3nc4ccccc4s3)CC2)oc1C. The van der Waals surface area contributed by atoms with Crippen LogP contribution in [0.4, 0.5) is 5.13 Å². The Bertz CT molecular complexity index is 764. The van der Waals surface area contributed by atoms with Crippen molar-refractivity contribution in [3.05, 3.63) is 41.6 Å². The second-order valence-electron chi connectivity index (χ2n) is 5.98. The van der Waals surface area contributed by atoms with Crippen molar-refractivity contribution in [1.82, 2.24) is 14.9 Å². The molecule has 1 aliphatic heterocycles. The van der Waals surface area contributed by atoms with Crippen molar-refractivity contribution in [3.63, 3.8) is 0 Å². The van der Waals surface area contributed by atoms with Gasteiger partial charge in [-0.05, 0) is 26.0 Å². The van der Waals surface area contributed by atoms with Gasteiger partial charge in [0.2, 0.25) is 5.89 Å². The number of benzene rings is 1. The molecule has 3 aromatic rings. The van der Waals surface area contributed by atoms with Gasteiger partial charge in [-0.15, -0.1) is 0 Å². The van der Waals surface area contributed by atoms with E-state index in [0.717, 1.165) is 60.7 Å². The van der Waals surface area contributed by atoms with Crippen LogP contribution in [0.25, 0.3) is 10.2 Å². The highest BCUT2D eigenvalue weighted by Crippen LogP contribution is 2.29. The van der Waals surface area contributed by atoms with Crippen molar-refractivity contribution in [2.24, 2.45) is 0 Å². The van der Waals surface area contributed by atoms with Gasteiger partial charge >= 0.3 is 0 Å². The highest BCUT2D eigenvalue weighted by molar-refractivity contribution is 7.22. The van der Waals surface area contributed by atoms with Crippen LogP contribution >= 0.6 is 11.3 Å². The third-order valence-corrected chi connectivity index (χ3v) is 5.45. The van der Waals surface area contributed by atoms with Crippen LogP contribution in [0.5, 0.6) is 0 Å². The molecule has 6 heteroatoms. The van der Waals surface area contributed by atoms with E-state index in [-0.39, 0.29) is 0 Å². The van der Waals surface area contributed by atoms with Gasteiger partial charge in [0, 0.05) is 26.2 Å². The fraction of sp³-hybridized carbons (Fsp3) is 0.412. The fourth-order valence-corrected chi connectivity index (χ4v) is 3.91. The summed E-state index contributed by atoms with van der Waals surface area (Å²) in [5.74, 6) is 1.75. The number of anilines is 1. The van der Waals surface area contributed by atoms with Gasteiger partial charge in [0.05, 0.1) is 22.5 Å². The lowest BCUT2D eigenvalue weighted by molar-refractivity contribution is 0.225. The quantitative estimate of drug-likeness (QED) is 0.739. The molecule has 1 saturated heterocycles. The number of piperazine rings is 1. The van der Waals surface area contributed by atoms with Crippen molar-refractivity contribution in [2.75, 3.05) is 31.1 Å². The highest BCUT2D eigenvalue weighted by Gasteiger charge is 2.21. The smallest absolute Gasteiger partial charge is 0.208 e. The zero-order valence-corrected chi connectivity index (χ0v) is 14.3. The molecule has 3 heterocycles. The van der Waals surface area contributed by atoms with Crippen LogP contribution < -0.4 is 4.90 Å². The van der Waals surface area contributed by atoms with Gasteiger partial charge in [-0.25, -0.2) is 9.97 Å². The number of aryl methyl sites for hydroxylation is 2. The zero-order chi connectivity index (χ0) is 15.8. The molecule has 0 radical (unpaired) electrons. The van der Waals surface area contributed by atoms with Crippen LogP contribution in [0.2, 0.25) is 0 Å². The molecule has 0 atom stereocenters. The van der Waals surface area contributed by atoms with Gasteiger partial charge in [-0.1, -0.05) is 23.5 Å². The van der Waals surface area contributed by atoms with E-state index in [1.54, 1.807) is 11.3 Å². The van der Waals surface area contributed by atoms with Crippen molar-refractivity contribution in [2.45, 2.75) is 20.4 Å². The van der Waals surface area contributed by atoms with Crippen LogP contribution in [-0.2, 0) is 6.54 Å². The molecule has 1 fully saturated rings. The summed E-state index contributed by atoms with van der Waals surface area (Å²) in [6.45, 7) is 8.77. The third-order valence-electron chi connectivity index (χ3n) is 4.36. The number of oxazole rings is 1. The Morgan fingerprint density at radius 3 is 2.57 bits per heavy atom. The molecule has 4 rings (SSSR count). The second kappa shape index (κ2) is 5.94. The molecule has 0 saturated carbocycles. The molecule has 0 amide bonds. The van der Waals surface area contributed by atoms with Crippen LogP contribution in [0, 0.1) is 13.8 Å². The molecule has 0 spiro atoms. The number of nitrogens with zero attached hydrogens (tertiary/aromatic N) is 4. The summed E-state index contributed by atoms with van der Waals surface area (Å²) in [5, 5.41) is 1.13. The molecular formula is C17H20N4OS. The van der Waals surface area contributed by atoms with E-state index in [1.807, 2.05) is 19.9 Å². The minimum absolute atomic E-state index is 0.794. The first-order valence-electron chi connectivity index (χ1n) is 7.95. The molecule has 1 aromatic carbocycles. The van der Waals surface area contributed by atoms with Gasteiger partial charge in [-0.2, -0.15) is 0 Å². The largest absolute Gasteiger partial charge is 0.444 e. The Labute approximate surface area is 139 Å². The first-order valence-corrected chi connectivity index (χ1v) is 8.76. The topological polar surface area (TPSA) is 45.4 Å². The molecule has 0 aliphatic carbocycles. The van der Waals surface area contributed by atoms with Gasteiger partial charge in [0.15, 0.2) is 5.13 Å². The maximum absolute atomic E-state index is 5.69. The lowest BCUT2D eigenvalue weighted by atomic mass is 10.3. The number of para-hydroxylation sites is 1. The number of thiazole rings is 1. The second-order valence-corrected chi connectivity index (χ2v) is 6.99. The Morgan fingerprint density at radius 2 is 1.87 bits per heavy atom. The van der Waals surface area contributed by atoms with E-state index in [0.29, 0.717) is 0 Å². The van der Waals surface area contributed by atoms with Gasteiger partial charge < -0.3 is 9.32 Å². The summed E-state index contributed by atoms with van der Waals surface area (Å²) in [4.78, 5) is 14.0. The molecule has 0 bridgehead atoms. The summed E-state index contributed by atoms with van der Waals surface area (Å²) in [6, 6.07) is 8.34. The number of aromatic nitrogens is 2. The average Bonchev–Trinajstić information content (AvgIpc) is 3.11. The van der Waals surface area contributed by atoms with E-state index in [1.165, 1.54) is 4.70 Å². The maximum atomic E-state index is 5.69. The van der Waals surface area contributed by atoms with Gasteiger partial charge in [-0.3, -0.25) is 4.90 Å². The fourth-order valence-electron chi connectivity index (χ4n) is 2.89. The van der Waals surface area contributed by atoms with Gasteiger partial charge in [0.25, 0.3) is 0 Å². The predicted octanol–water partition coefficient (Wildman–Crippen LogP) is 3.22. The summed E-state index contributed by atoms with van der Waals surface area (Å²) in [6.07, 6.45) is 0. The Hall–Kier alpha value is -1.92. The molecule has 120 valence electrons. The summed E-state index contributed by atoms with van der Waals surface area (Å²) < 4.78 is 6.95. The zero-order valence-electron chi connectivity index (χ0n) is 13.5. The monoisotopic (exact) mass is 328 g/mol. The highest BCUT2D eigenvalue weighted by atomic mass is 32.1. The number of fused-ring (bicyclic) bond motifs is 1. The molecule has 2 aromatic heterocycles. The first-order chi connectivity index (χ1) is 11.2. The normalized spacial score (nSPS) is 16.3. The molecule has 0 N–H and O–H groups in total. The average molecular weight is 328 g/mol. The Kier molecular flexibility index (Phi) is 3.79. The summed E-state index contributed by atoms with van der Waals surface area (Å²) in [7, 11) is 0. The number of hydrogen-bond donors (Lipinski definition) is 0. The van der Waals surface area contributed by atoms with Crippen molar-refractivity contribution in [3.8, 4) is 0 Å². The maximum Gasteiger partial charge on any atom is 0.208 e. The molecule has 0 unspecified atom stereocenters. The minimum Gasteiger partial charge on any atom is -0.444 e. The van der Waals surface area contributed by atoms with Crippen molar-refractivity contribution >= 4 is 26.7 Å². The van der Waals surface area contributed by atoms with Gasteiger partial charge in [0.1, 0.15) is 5.76 Å². The van der Waals surface area contributed by atoms with E-state index in [2.05, 4.69) is 33.0 Å². The van der Waals surface area contributed by atoms with Crippen LogP contribution in [0.3, 0.4) is 0 Å². The van der Waals surface area contributed by atoms with E-state index in [4.69, 9.17) is 9.40 Å². The van der Waals surface area contributed by atoms with Crippen LogP contribution in [-0.4, -0.2) is 41.0 Å². The van der Waals surface area contributed by atoms with E-state index in [9.17, 15) is 0 Å². The Balaban J connectivity index is 1.40. The molecule has 1 aliphatic rings. The summed E-state index contributed by atoms with van der Waals surface area (Å²) >= 11 is 1.78.